The predicted octanol–water partition coefficient (Wildman–Crippen LogP) is 1.80. The van der Waals surface area contributed by atoms with Gasteiger partial charge in [-0.25, -0.2) is 0 Å². The summed E-state index contributed by atoms with van der Waals surface area (Å²) in [4.78, 5) is 4.77. The van der Waals surface area contributed by atoms with Crippen molar-refractivity contribution in [2.24, 2.45) is 0 Å². The van der Waals surface area contributed by atoms with Gasteiger partial charge in [-0.1, -0.05) is 12.8 Å². The van der Waals surface area contributed by atoms with Crippen molar-refractivity contribution in [1.82, 2.24) is 9.80 Å². The van der Waals surface area contributed by atoms with E-state index < -0.39 is 0 Å². The Morgan fingerprint density at radius 2 is 2.12 bits per heavy atom. The second-order valence-corrected chi connectivity index (χ2v) is 6.12. The zero-order valence-electron chi connectivity index (χ0n) is 11.1. The van der Waals surface area contributed by atoms with Gasteiger partial charge < -0.3 is 9.64 Å². The zero-order chi connectivity index (χ0) is 12.3. The summed E-state index contributed by atoms with van der Waals surface area (Å²) in [5.41, 5.74) is 0. The molecule has 2 aliphatic rings. The number of hydrogen-bond donors (Lipinski definition) is 0. The van der Waals surface area contributed by atoms with Crippen LogP contribution in [0.15, 0.2) is 0 Å². The average molecular weight is 261 g/mol. The van der Waals surface area contributed by atoms with Gasteiger partial charge in [-0.2, -0.15) is 0 Å². The summed E-state index contributed by atoms with van der Waals surface area (Å²) in [5, 5.41) is 0.329. The zero-order valence-corrected chi connectivity index (χ0v) is 11.8. The van der Waals surface area contributed by atoms with Crippen molar-refractivity contribution in [1.29, 1.82) is 0 Å². The number of nitrogens with zero attached hydrogens (tertiary/aromatic N) is 2. The minimum absolute atomic E-state index is 0.329. The van der Waals surface area contributed by atoms with Crippen molar-refractivity contribution in [3.05, 3.63) is 0 Å². The molecule has 1 saturated carbocycles. The van der Waals surface area contributed by atoms with Crippen LogP contribution in [0.25, 0.3) is 0 Å². The van der Waals surface area contributed by atoms with Gasteiger partial charge >= 0.3 is 0 Å². The van der Waals surface area contributed by atoms with Crippen LogP contribution in [0.2, 0.25) is 0 Å². The van der Waals surface area contributed by atoms with Crippen LogP contribution < -0.4 is 0 Å². The molecule has 3 atom stereocenters. The van der Waals surface area contributed by atoms with Gasteiger partial charge in [-0.15, -0.1) is 11.6 Å². The van der Waals surface area contributed by atoms with E-state index in [1.54, 1.807) is 0 Å². The standard InChI is InChI=1S/C13H25ClN2O/c1-15-7-8-17-11(9-15)10-16(2)13-6-4-3-5-12(13)14/h11-13H,3-10H2,1-2H3. The fraction of sp³-hybridized carbons (Fsp3) is 1.00. The summed E-state index contributed by atoms with van der Waals surface area (Å²) in [6.07, 6.45) is 5.38. The maximum atomic E-state index is 6.43. The van der Waals surface area contributed by atoms with Crippen molar-refractivity contribution >= 4 is 11.6 Å². The Morgan fingerprint density at radius 3 is 2.82 bits per heavy atom. The van der Waals surface area contributed by atoms with Crippen LogP contribution in [0.1, 0.15) is 25.7 Å². The molecule has 0 aromatic heterocycles. The van der Waals surface area contributed by atoms with E-state index in [0.29, 0.717) is 17.5 Å². The first-order chi connectivity index (χ1) is 8.16. The molecule has 100 valence electrons. The van der Waals surface area contributed by atoms with Gasteiger partial charge in [0, 0.05) is 31.1 Å². The van der Waals surface area contributed by atoms with Crippen LogP contribution in [0, 0.1) is 0 Å². The van der Waals surface area contributed by atoms with Crippen molar-refractivity contribution < 1.29 is 4.74 Å². The topological polar surface area (TPSA) is 15.7 Å². The van der Waals surface area contributed by atoms with Gasteiger partial charge in [0.2, 0.25) is 0 Å². The van der Waals surface area contributed by atoms with Crippen LogP contribution in [-0.2, 0) is 4.74 Å². The lowest BCUT2D eigenvalue weighted by atomic mass is 9.93. The Hall–Kier alpha value is 0.170. The predicted molar refractivity (Wildman–Crippen MR) is 71.8 cm³/mol. The highest BCUT2D eigenvalue weighted by molar-refractivity contribution is 6.21. The molecule has 17 heavy (non-hydrogen) atoms. The van der Waals surface area contributed by atoms with Crippen LogP contribution in [0.4, 0.5) is 0 Å². The summed E-state index contributed by atoms with van der Waals surface area (Å²) in [7, 11) is 4.36. The van der Waals surface area contributed by atoms with Crippen molar-refractivity contribution in [2.75, 3.05) is 40.3 Å². The number of ether oxygens (including phenoxy) is 1. The first kappa shape index (κ1) is 13.6. The lowest BCUT2D eigenvalue weighted by Gasteiger charge is -2.38. The first-order valence-electron chi connectivity index (χ1n) is 6.81. The van der Waals surface area contributed by atoms with E-state index in [1.807, 2.05) is 0 Å². The number of rotatable bonds is 3. The highest BCUT2D eigenvalue weighted by atomic mass is 35.5. The fourth-order valence-corrected chi connectivity index (χ4v) is 3.47. The summed E-state index contributed by atoms with van der Waals surface area (Å²) in [5.74, 6) is 0. The van der Waals surface area contributed by atoms with Gasteiger partial charge in [0.25, 0.3) is 0 Å². The van der Waals surface area contributed by atoms with Crippen molar-refractivity contribution in [3.63, 3.8) is 0 Å². The molecule has 3 nitrogen and oxygen atoms in total. The normalized spacial score (nSPS) is 36.4. The van der Waals surface area contributed by atoms with E-state index in [2.05, 4.69) is 23.9 Å². The molecule has 1 heterocycles. The van der Waals surface area contributed by atoms with Gasteiger partial charge in [0.15, 0.2) is 0 Å². The molecule has 2 rings (SSSR count). The molecular weight excluding hydrogens is 236 g/mol. The maximum absolute atomic E-state index is 6.43. The van der Waals surface area contributed by atoms with E-state index in [1.165, 1.54) is 25.7 Å². The lowest BCUT2D eigenvalue weighted by Crippen LogP contribution is -2.49. The minimum atomic E-state index is 0.329. The van der Waals surface area contributed by atoms with Crippen LogP contribution >= 0.6 is 11.6 Å². The third-order valence-electron chi connectivity index (χ3n) is 4.05. The Labute approximate surface area is 110 Å². The van der Waals surface area contributed by atoms with Crippen molar-refractivity contribution in [2.45, 2.75) is 43.2 Å². The Morgan fingerprint density at radius 1 is 1.35 bits per heavy atom. The van der Waals surface area contributed by atoms with Crippen LogP contribution in [0.5, 0.6) is 0 Å². The second-order valence-electron chi connectivity index (χ2n) is 5.56. The molecule has 0 amide bonds. The molecule has 1 aliphatic heterocycles. The number of likely N-dealkylation sites (N-methyl/N-ethyl adjacent to an activating group) is 2. The third kappa shape index (κ3) is 3.82. The Bertz CT molecular complexity index is 239. The maximum Gasteiger partial charge on any atom is 0.0829 e. The fourth-order valence-electron chi connectivity index (χ4n) is 3.00. The molecule has 0 aromatic carbocycles. The molecular formula is C13H25ClN2O. The van der Waals surface area contributed by atoms with Gasteiger partial charge in [0.1, 0.15) is 0 Å². The van der Waals surface area contributed by atoms with Crippen molar-refractivity contribution in [3.8, 4) is 0 Å². The lowest BCUT2D eigenvalue weighted by molar-refractivity contribution is -0.0388. The SMILES string of the molecule is CN1CCOC(CN(C)C2CCCCC2Cl)C1. The quantitative estimate of drug-likeness (QED) is 0.720. The molecule has 1 saturated heterocycles. The molecule has 0 spiro atoms. The molecule has 1 aliphatic carbocycles. The average Bonchev–Trinajstić information content (AvgIpc) is 2.29. The summed E-state index contributed by atoms with van der Waals surface area (Å²) in [6.45, 7) is 3.98. The van der Waals surface area contributed by atoms with Gasteiger partial charge in [-0.3, -0.25) is 4.90 Å². The highest BCUT2D eigenvalue weighted by Crippen LogP contribution is 2.26. The molecule has 0 aromatic rings. The summed E-state index contributed by atoms with van der Waals surface area (Å²) >= 11 is 6.43. The number of halogens is 1. The Kier molecular flexibility index (Phi) is 5.10. The third-order valence-corrected chi connectivity index (χ3v) is 4.56. The van der Waals surface area contributed by atoms with Gasteiger partial charge in [0.05, 0.1) is 12.7 Å². The number of hydrogen-bond acceptors (Lipinski definition) is 3. The highest BCUT2D eigenvalue weighted by Gasteiger charge is 2.29. The van der Waals surface area contributed by atoms with Crippen LogP contribution in [0.3, 0.4) is 0 Å². The minimum Gasteiger partial charge on any atom is -0.374 e. The van der Waals surface area contributed by atoms with E-state index >= 15 is 0 Å². The summed E-state index contributed by atoms with van der Waals surface area (Å²) < 4.78 is 5.82. The summed E-state index contributed by atoms with van der Waals surface area (Å²) in [6, 6.07) is 0.543. The molecule has 3 unspecified atom stereocenters. The largest absolute Gasteiger partial charge is 0.374 e. The van der Waals surface area contributed by atoms with E-state index in [9.17, 15) is 0 Å². The van der Waals surface area contributed by atoms with E-state index in [4.69, 9.17) is 16.3 Å². The molecule has 0 N–H and O–H groups in total. The molecule has 0 bridgehead atoms. The Balaban J connectivity index is 1.80. The van der Waals surface area contributed by atoms with E-state index in [-0.39, 0.29) is 0 Å². The molecule has 4 heteroatoms. The van der Waals surface area contributed by atoms with Gasteiger partial charge in [-0.05, 0) is 26.9 Å². The number of morpholine rings is 1. The molecule has 0 radical (unpaired) electrons. The first-order valence-corrected chi connectivity index (χ1v) is 7.25. The number of alkyl halides is 1. The second kappa shape index (κ2) is 6.37. The smallest absolute Gasteiger partial charge is 0.0829 e. The van der Waals surface area contributed by atoms with Crippen LogP contribution in [-0.4, -0.2) is 67.7 Å². The molecule has 2 fully saturated rings. The monoisotopic (exact) mass is 260 g/mol. The van der Waals surface area contributed by atoms with E-state index in [0.717, 1.165) is 26.2 Å².